The van der Waals surface area contributed by atoms with E-state index in [2.05, 4.69) is 23.6 Å². The van der Waals surface area contributed by atoms with Gasteiger partial charge < -0.3 is 25.8 Å². The van der Waals surface area contributed by atoms with E-state index in [1.54, 1.807) is 36.4 Å². The molecule has 4 aromatic rings. The highest BCUT2D eigenvalue weighted by Gasteiger charge is 2.14. The van der Waals surface area contributed by atoms with E-state index in [0.717, 1.165) is 52.8 Å². The van der Waals surface area contributed by atoms with Crippen LogP contribution in [0.15, 0.2) is 84.9 Å². The predicted octanol–water partition coefficient (Wildman–Crippen LogP) is 5.07. The Balaban J connectivity index is 0.000000250. The molecule has 0 aliphatic heterocycles. The first-order valence-corrected chi connectivity index (χ1v) is 13.4. The van der Waals surface area contributed by atoms with Gasteiger partial charge in [-0.05, 0) is 66.1 Å². The van der Waals surface area contributed by atoms with Crippen LogP contribution in [-0.4, -0.2) is 31.9 Å². The number of nitrogens with two attached hydrogens (primary N) is 2. The quantitative estimate of drug-likeness (QED) is 0.0702. The number of ether oxygens (including phenoxy) is 2. The molecule has 0 heterocycles. The molecule has 216 valence electrons. The Morgan fingerprint density at radius 3 is 2.20 bits per heavy atom. The van der Waals surface area contributed by atoms with Crippen molar-refractivity contribution in [2.45, 2.75) is 26.2 Å². The summed E-state index contributed by atoms with van der Waals surface area (Å²) in [7, 11) is 4.05. The van der Waals surface area contributed by atoms with Gasteiger partial charge in [-0.15, -0.1) is 0 Å². The molecule has 4 aromatic carbocycles. The third-order valence-electron chi connectivity index (χ3n) is 6.24. The van der Waals surface area contributed by atoms with Crippen molar-refractivity contribution in [1.82, 2.24) is 0 Å². The van der Waals surface area contributed by atoms with Gasteiger partial charge in [-0.3, -0.25) is 0 Å². The van der Waals surface area contributed by atoms with Crippen LogP contribution in [0.25, 0.3) is 11.1 Å². The molecule has 0 saturated heterocycles. The second kappa shape index (κ2) is 15.4. The maximum atomic E-state index is 13.7. The third-order valence-corrected chi connectivity index (χ3v) is 6.24. The van der Waals surface area contributed by atoms with E-state index < -0.39 is 11.8 Å². The summed E-state index contributed by atoms with van der Waals surface area (Å²) in [4.78, 5) is 14.1. The molecule has 0 spiro atoms. The zero-order valence-electron chi connectivity index (χ0n) is 23.8. The van der Waals surface area contributed by atoms with Crippen LogP contribution in [0.4, 0.5) is 27.1 Å². The maximum Gasteiger partial charge on any atom is 0.346 e. The summed E-state index contributed by atoms with van der Waals surface area (Å²) in [6, 6.07) is 24.1. The lowest BCUT2D eigenvalue weighted by molar-refractivity contribution is -0.825. The molecular weight excluding hydrogens is 523 g/mol. The van der Waals surface area contributed by atoms with E-state index in [-0.39, 0.29) is 11.3 Å². The SMILES string of the molecule is CCCCCOc1cc(N(C)C)ccc1[NH3+].Nc1ccc(C(=O)Oc2ccc(-c3ccc([NH2+]O)cc3)cc2)c(F)c1. The number of esters is 1. The van der Waals surface area contributed by atoms with Crippen LogP contribution in [0, 0.1) is 5.82 Å². The number of benzene rings is 4. The number of anilines is 2. The number of rotatable bonds is 10. The fraction of sp³-hybridized carbons (Fsp3) is 0.219. The third kappa shape index (κ3) is 9.32. The van der Waals surface area contributed by atoms with Gasteiger partial charge in [0.2, 0.25) is 0 Å². The number of carbonyl (C=O) groups is 1. The minimum atomic E-state index is -0.784. The van der Waals surface area contributed by atoms with E-state index in [1.165, 1.54) is 25.0 Å². The molecular formula is C32H39FN4O4+2. The molecule has 0 bridgehead atoms. The largest absolute Gasteiger partial charge is 0.487 e. The fourth-order valence-corrected chi connectivity index (χ4v) is 3.83. The van der Waals surface area contributed by atoms with Crippen LogP contribution >= 0.6 is 0 Å². The normalized spacial score (nSPS) is 10.4. The average molecular weight is 563 g/mol. The molecule has 8 N–H and O–H groups in total. The Labute approximate surface area is 240 Å². The monoisotopic (exact) mass is 562 g/mol. The Morgan fingerprint density at radius 2 is 1.61 bits per heavy atom. The number of nitrogens with zero attached hydrogens (tertiary/aromatic N) is 1. The van der Waals surface area contributed by atoms with Gasteiger partial charge in [-0.25, -0.2) is 14.4 Å². The van der Waals surface area contributed by atoms with Crippen LogP contribution < -0.4 is 31.3 Å². The molecule has 0 amide bonds. The Bertz CT molecular complexity index is 1410. The van der Waals surface area contributed by atoms with Gasteiger partial charge in [0.1, 0.15) is 11.6 Å². The molecule has 8 nitrogen and oxygen atoms in total. The van der Waals surface area contributed by atoms with Crippen molar-refractivity contribution in [2.24, 2.45) is 0 Å². The van der Waals surface area contributed by atoms with Gasteiger partial charge >= 0.3 is 5.97 Å². The highest BCUT2D eigenvalue weighted by atomic mass is 19.1. The number of nitrogen functional groups attached to an aromatic ring is 1. The van der Waals surface area contributed by atoms with E-state index in [1.807, 2.05) is 38.4 Å². The van der Waals surface area contributed by atoms with Crippen LogP contribution in [0.3, 0.4) is 0 Å². The summed E-state index contributed by atoms with van der Waals surface area (Å²) < 4.78 is 24.7. The first-order chi connectivity index (χ1) is 19.7. The molecule has 4 rings (SSSR count). The first kappa shape index (κ1) is 31.1. The van der Waals surface area contributed by atoms with E-state index in [9.17, 15) is 9.18 Å². The topological polar surface area (TPSA) is 129 Å². The Morgan fingerprint density at radius 1 is 0.951 bits per heavy atom. The lowest BCUT2D eigenvalue weighted by atomic mass is 10.1. The molecule has 0 radical (unpaired) electrons. The number of unbranched alkanes of at least 4 members (excludes halogenated alkanes) is 2. The number of hydrogen-bond donors (Lipinski definition) is 4. The summed E-state index contributed by atoms with van der Waals surface area (Å²) in [5, 5.41) is 8.94. The maximum absolute atomic E-state index is 13.7. The highest BCUT2D eigenvalue weighted by Crippen LogP contribution is 2.26. The number of quaternary nitrogens is 2. The van der Waals surface area contributed by atoms with Crippen LogP contribution in [0.2, 0.25) is 0 Å². The molecule has 0 unspecified atom stereocenters. The van der Waals surface area contributed by atoms with Crippen molar-refractivity contribution < 1.29 is 35.1 Å². The second-order valence-corrected chi connectivity index (χ2v) is 9.65. The van der Waals surface area contributed by atoms with Crippen molar-refractivity contribution in [3.05, 3.63) is 96.3 Å². The molecule has 0 aliphatic rings. The molecule has 0 saturated carbocycles. The van der Waals surface area contributed by atoms with Crippen molar-refractivity contribution in [3.63, 3.8) is 0 Å². The summed E-state index contributed by atoms with van der Waals surface area (Å²) in [6.07, 6.45) is 3.56. The van der Waals surface area contributed by atoms with Crippen LogP contribution in [0.5, 0.6) is 11.5 Å². The fourth-order valence-electron chi connectivity index (χ4n) is 3.83. The molecule has 0 aliphatic carbocycles. The van der Waals surface area contributed by atoms with Gasteiger partial charge in [0.05, 0.1) is 12.2 Å². The van der Waals surface area contributed by atoms with Crippen molar-refractivity contribution in [2.75, 3.05) is 31.3 Å². The molecule has 0 fully saturated rings. The minimum Gasteiger partial charge on any atom is -0.487 e. The summed E-state index contributed by atoms with van der Waals surface area (Å²) in [5.74, 6) is -0.289. The summed E-state index contributed by atoms with van der Waals surface area (Å²) in [5.41, 5.74) is 15.2. The van der Waals surface area contributed by atoms with Gasteiger partial charge in [0, 0.05) is 49.7 Å². The Kier molecular flexibility index (Phi) is 11.7. The lowest BCUT2D eigenvalue weighted by Gasteiger charge is -2.14. The van der Waals surface area contributed by atoms with E-state index in [0.29, 0.717) is 11.4 Å². The van der Waals surface area contributed by atoms with Gasteiger partial charge in [-0.1, -0.05) is 31.9 Å². The predicted molar refractivity (Wildman–Crippen MR) is 159 cm³/mol. The zero-order valence-corrected chi connectivity index (χ0v) is 23.8. The van der Waals surface area contributed by atoms with Crippen LogP contribution in [0.1, 0.15) is 36.5 Å². The molecule has 0 atom stereocenters. The smallest absolute Gasteiger partial charge is 0.346 e. The highest BCUT2D eigenvalue weighted by molar-refractivity contribution is 5.91. The number of hydrogen-bond acceptors (Lipinski definition) is 6. The minimum absolute atomic E-state index is 0.172. The van der Waals surface area contributed by atoms with E-state index >= 15 is 0 Å². The van der Waals surface area contributed by atoms with Gasteiger partial charge in [0.25, 0.3) is 0 Å². The number of carbonyl (C=O) groups excluding carboxylic acids is 1. The number of halogens is 1. The van der Waals surface area contributed by atoms with Crippen LogP contribution in [-0.2, 0) is 0 Å². The first-order valence-electron chi connectivity index (χ1n) is 13.4. The summed E-state index contributed by atoms with van der Waals surface area (Å²) >= 11 is 0. The van der Waals surface area contributed by atoms with Crippen molar-refractivity contribution in [1.29, 1.82) is 0 Å². The lowest BCUT2D eigenvalue weighted by Crippen LogP contribution is -2.73. The Hall–Kier alpha value is -4.44. The molecule has 41 heavy (non-hydrogen) atoms. The van der Waals surface area contributed by atoms with Crippen molar-refractivity contribution >= 4 is 28.7 Å². The summed E-state index contributed by atoms with van der Waals surface area (Å²) in [6.45, 7) is 2.98. The van der Waals surface area contributed by atoms with Gasteiger partial charge in [0.15, 0.2) is 17.1 Å². The van der Waals surface area contributed by atoms with Gasteiger partial charge in [-0.2, -0.15) is 5.48 Å². The zero-order chi connectivity index (χ0) is 29.8. The second-order valence-electron chi connectivity index (χ2n) is 9.65. The molecule has 0 aromatic heterocycles. The van der Waals surface area contributed by atoms with E-state index in [4.69, 9.17) is 20.4 Å². The average Bonchev–Trinajstić information content (AvgIpc) is 2.97. The van der Waals surface area contributed by atoms with Crippen molar-refractivity contribution in [3.8, 4) is 22.6 Å². The standard InChI is InChI=1S/C19H15FN2O3.C13H22N2O/c20-18-11-14(21)5-10-17(18)19(23)25-16-8-3-13(4-9-16)12-1-6-15(22-24)7-2-12;1-4-5-6-9-16-13-10-11(15(2)3)7-8-12(13)14/h1-11,22,24H,21H2;7-8,10H,4-6,9,14H2,1-3H3/p+2. The molecule has 9 heteroatoms.